The first-order chi connectivity index (χ1) is 12.4. The van der Waals surface area contributed by atoms with E-state index in [1.807, 2.05) is 24.0 Å². The Hall–Kier alpha value is -2.69. The number of nitrogens with one attached hydrogen (secondary N) is 1. The Morgan fingerprint density at radius 2 is 1.85 bits per heavy atom. The average molecular weight is 351 g/mol. The van der Waals surface area contributed by atoms with Crippen LogP contribution in [0.25, 0.3) is 0 Å². The molecule has 1 saturated heterocycles. The van der Waals surface area contributed by atoms with Crippen LogP contribution < -0.4 is 5.32 Å². The molecular formula is C21H25N3O2. The number of anilines is 1. The van der Waals surface area contributed by atoms with Gasteiger partial charge in [-0.3, -0.25) is 14.6 Å². The van der Waals surface area contributed by atoms with Gasteiger partial charge in [0.1, 0.15) is 5.69 Å². The number of hydrogen-bond acceptors (Lipinski definition) is 3. The highest BCUT2D eigenvalue weighted by Gasteiger charge is 2.26. The average Bonchev–Trinajstić information content (AvgIpc) is 2.63. The summed E-state index contributed by atoms with van der Waals surface area (Å²) in [4.78, 5) is 31.3. The summed E-state index contributed by atoms with van der Waals surface area (Å²) in [5.74, 6) is 0.767. The number of nitrogens with zero attached hydrogens (tertiary/aromatic N) is 2. The minimum absolute atomic E-state index is 0.0248. The van der Waals surface area contributed by atoms with Crippen LogP contribution >= 0.6 is 0 Å². The Labute approximate surface area is 154 Å². The predicted molar refractivity (Wildman–Crippen MR) is 102 cm³/mol. The molecule has 1 fully saturated rings. The van der Waals surface area contributed by atoms with Crippen LogP contribution in [-0.4, -0.2) is 34.8 Å². The lowest BCUT2D eigenvalue weighted by molar-refractivity contribution is 0.0623. The van der Waals surface area contributed by atoms with Crippen molar-refractivity contribution in [2.75, 3.05) is 18.4 Å². The Balaban J connectivity index is 1.79. The van der Waals surface area contributed by atoms with Crippen LogP contribution in [0.1, 0.15) is 46.7 Å². The van der Waals surface area contributed by atoms with Crippen molar-refractivity contribution < 1.29 is 9.59 Å². The van der Waals surface area contributed by atoms with Gasteiger partial charge in [-0.1, -0.05) is 26.0 Å². The molecule has 0 aliphatic carbocycles. The third-order valence-electron chi connectivity index (χ3n) is 4.79. The molecule has 2 unspecified atom stereocenters. The summed E-state index contributed by atoms with van der Waals surface area (Å²) in [5.41, 5.74) is 2.51. The summed E-state index contributed by atoms with van der Waals surface area (Å²) in [7, 11) is 0. The monoisotopic (exact) mass is 351 g/mol. The molecular weight excluding hydrogens is 326 g/mol. The van der Waals surface area contributed by atoms with Crippen LogP contribution in [0.3, 0.4) is 0 Å². The normalized spacial score (nSPS) is 19.9. The first-order valence-electron chi connectivity index (χ1n) is 9.06. The molecule has 2 heterocycles. The van der Waals surface area contributed by atoms with Crippen molar-refractivity contribution in [2.45, 2.75) is 27.2 Å². The lowest BCUT2D eigenvalue weighted by Gasteiger charge is -2.35. The van der Waals surface area contributed by atoms with E-state index >= 15 is 0 Å². The fraction of sp³-hybridized carbons (Fsp3) is 0.381. The number of likely N-dealkylation sites (tertiary alicyclic amines) is 1. The van der Waals surface area contributed by atoms with Gasteiger partial charge in [-0.15, -0.1) is 0 Å². The molecule has 1 aromatic heterocycles. The largest absolute Gasteiger partial charge is 0.338 e. The number of rotatable bonds is 3. The fourth-order valence-electron chi connectivity index (χ4n) is 3.58. The zero-order chi connectivity index (χ0) is 18.7. The number of carbonyl (C=O) groups is 2. The third-order valence-corrected chi connectivity index (χ3v) is 4.79. The van der Waals surface area contributed by atoms with Gasteiger partial charge in [-0.25, -0.2) is 0 Å². The van der Waals surface area contributed by atoms with Gasteiger partial charge < -0.3 is 10.2 Å². The molecule has 1 N–H and O–H groups in total. The topological polar surface area (TPSA) is 62.3 Å². The molecule has 26 heavy (non-hydrogen) atoms. The van der Waals surface area contributed by atoms with Crippen LogP contribution in [0.2, 0.25) is 0 Å². The van der Waals surface area contributed by atoms with Crippen molar-refractivity contribution in [3.63, 3.8) is 0 Å². The van der Waals surface area contributed by atoms with Crippen molar-refractivity contribution in [2.24, 2.45) is 11.8 Å². The molecule has 2 aromatic rings. The second-order valence-electron chi connectivity index (χ2n) is 7.35. The molecule has 0 saturated carbocycles. The quantitative estimate of drug-likeness (QED) is 0.916. The maximum Gasteiger partial charge on any atom is 0.274 e. The maximum atomic E-state index is 12.9. The summed E-state index contributed by atoms with van der Waals surface area (Å²) in [6.45, 7) is 7.85. The van der Waals surface area contributed by atoms with Crippen LogP contribution in [0.4, 0.5) is 5.69 Å². The van der Waals surface area contributed by atoms with Crippen molar-refractivity contribution in [3.05, 3.63) is 59.4 Å². The van der Waals surface area contributed by atoms with E-state index in [-0.39, 0.29) is 11.8 Å². The molecule has 2 atom stereocenters. The van der Waals surface area contributed by atoms with E-state index in [0.29, 0.717) is 28.8 Å². The number of hydrogen-bond donors (Lipinski definition) is 1. The van der Waals surface area contributed by atoms with Gasteiger partial charge in [0.15, 0.2) is 0 Å². The maximum absolute atomic E-state index is 12.9. The van der Waals surface area contributed by atoms with Gasteiger partial charge in [0.25, 0.3) is 11.8 Å². The second kappa shape index (κ2) is 7.68. The Bertz CT molecular complexity index is 794. The summed E-state index contributed by atoms with van der Waals surface area (Å²) < 4.78 is 0. The zero-order valence-corrected chi connectivity index (χ0v) is 15.5. The first kappa shape index (κ1) is 18.1. The number of aryl methyl sites for hydroxylation is 1. The van der Waals surface area contributed by atoms with E-state index in [4.69, 9.17) is 0 Å². The summed E-state index contributed by atoms with van der Waals surface area (Å²) in [6.07, 6.45) is 2.74. The van der Waals surface area contributed by atoms with Crippen LogP contribution in [0, 0.1) is 18.8 Å². The lowest BCUT2D eigenvalue weighted by atomic mass is 9.91. The van der Waals surface area contributed by atoms with Crippen LogP contribution in [-0.2, 0) is 0 Å². The standard InChI is InChI=1S/C21H25N3O2/c1-14-10-15(2)13-24(12-14)21(26)17-8-7-16(3)19(11-17)23-20(25)18-6-4-5-9-22-18/h4-9,11,14-15H,10,12-13H2,1-3H3,(H,23,25). The van der Waals surface area contributed by atoms with Crippen LogP contribution in [0.15, 0.2) is 42.6 Å². The van der Waals surface area contributed by atoms with Gasteiger partial charge >= 0.3 is 0 Å². The fourth-order valence-corrected chi connectivity index (χ4v) is 3.58. The molecule has 0 radical (unpaired) electrons. The highest BCUT2D eigenvalue weighted by molar-refractivity contribution is 6.04. The van der Waals surface area contributed by atoms with Crippen LogP contribution in [0.5, 0.6) is 0 Å². The van der Waals surface area contributed by atoms with E-state index in [0.717, 1.165) is 25.1 Å². The predicted octanol–water partition coefficient (Wildman–Crippen LogP) is 3.76. The SMILES string of the molecule is Cc1ccc(C(=O)N2CC(C)CC(C)C2)cc1NC(=O)c1ccccn1. The molecule has 2 amide bonds. The molecule has 0 bridgehead atoms. The molecule has 136 valence electrons. The molecule has 3 rings (SSSR count). The Morgan fingerprint density at radius 1 is 1.12 bits per heavy atom. The lowest BCUT2D eigenvalue weighted by Crippen LogP contribution is -2.42. The highest BCUT2D eigenvalue weighted by atomic mass is 16.2. The summed E-state index contributed by atoms with van der Waals surface area (Å²) in [6, 6.07) is 10.7. The molecule has 1 aromatic carbocycles. The summed E-state index contributed by atoms with van der Waals surface area (Å²) >= 11 is 0. The third kappa shape index (κ3) is 4.10. The number of aromatic nitrogens is 1. The van der Waals surface area contributed by atoms with Gasteiger partial charge in [0, 0.05) is 30.5 Å². The zero-order valence-electron chi connectivity index (χ0n) is 15.5. The second-order valence-corrected chi connectivity index (χ2v) is 7.35. The number of amides is 2. The van der Waals surface area contributed by atoms with Gasteiger partial charge in [0.05, 0.1) is 0 Å². The van der Waals surface area contributed by atoms with E-state index < -0.39 is 0 Å². The van der Waals surface area contributed by atoms with Gasteiger partial charge in [-0.2, -0.15) is 0 Å². The van der Waals surface area contributed by atoms with Crippen molar-refractivity contribution in [3.8, 4) is 0 Å². The van der Waals surface area contributed by atoms with E-state index in [1.165, 1.54) is 0 Å². The minimum Gasteiger partial charge on any atom is -0.338 e. The molecule has 1 aliphatic rings. The molecule has 0 spiro atoms. The van der Waals surface area contributed by atoms with Gasteiger partial charge in [0.2, 0.25) is 0 Å². The summed E-state index contributed by atoms with van der Waals surface area (Å²) in [5, 5.41) is 2.87. The molecule has 5 heteroatoms. The number of pyridine rings is 1. The molecule has 5 nitrogen and oxygen atoms in total. The minimum atomic E-state index is -0.279. The Morgan fingerprint density at radius 3 is 2.50 bits per heavy atom. The van der Waals surface area contributed by atoms with E-state index in [1.54, 1.807) is 30.5 Å². The smallest absolute Gasteiger partial charge is 0.274 e. The first-order valence-corrected chi connectivity index (χ1v) is 9.06. The molecule has 1 aliphatic heterocycles. The number of piperidine rings is 1. The van der Waals surface area contributed by atoms with Crippen molar-refractivity contribution in [1.82, 2.24) is 9.88 Å². The van der Waals surface area contributed by atoms with E-state index in [2.05, 4.69) is 24.1 Å². The highest BCUT2D eigenvalue weighted by Crippen LogP contribution is 2.24. The van der Waals surface area contributed by atoms with E-state index in [9.17, 15) is 9.59 Å². The number of benzene rings is 1. The van der Waals surface area contributed by atoms with Gasteiger partial charge in [-0.05, 0) is 55.0 Å². The van der Waals surface area contributed by atoms with Crippen molar-refractivity contribution in [1.29, 1.82) is 0 Å². The van der Waals surface area contributed by atoms with Crippen molar-refractivity contribution >= 4 is 17.5 Å². The number of carbonyl (C=O) groups excluding carboxylic acids is 2. The Kier molecular flexibility index (Phi) is 5.35.